The normalized spacial score (nSPS) is 22.4. The van der Waals surface area contributed by atoms with Crippen LogP contribution in [0.15, 0.2) is 11.0 Å². The highest BCUT2D eigenvalue weighted by Gasteiger charge is 2.27. The summed E-state index contributed by atoms with van der Waals surface area (Å²) in [5, 5.41) is 15.9. The van der Waals surface area contributed by atoms with E-state index < -0.39 is 29.0 Å². The van der Waals surface area contributed by atoms with Crippen LogP contribution in [0, 0.1) is 5.82 Å². The Morgan fingerprint density at radius 2 is 2.39 bits per heavy atom. The second-order valence-corrected chi connectivity index (χ2v) is 4.39. The molecule has 0 aliphatic carbocycles. The van der Waals surface area contributed by atoms with Gasteiger partial charge in [0.05, 0.1) is 12.8 Å². The fourth-order valence-corrected chi connectivity index (χ4v) is 2.28. The van der Waals surface area contributed by atoms with Gasteiger partial charge < -0.3 is 20.7 Å². The third-order valence-electron chi connectivity index (χ3n) is 2.13. The number of nitrogens with zero attached hydrogens (tertiary/aromatic N) is 2. The number of ether oxygens (including phenoxy) is 1. The summed E-state index contributed by atoms with van der Waals surface area (Å²) in [7, 11) is 1.00. The molecule has 0 amide bonds. The number of nitrogens with two attached hydrogens (primary N) is 1. The molecular weight excluding hydrogens is 265 g/mol. The van der Waals surface area contributed by atoms with Gasteiger partial charge in [0.15, 0.2) is 11.6 Å². The maximum atomic E-state index is 13.1. The molecule has 2 rings (SSSR count). The van der Waals surface area contributed by atoms with Crippen molar-refractivity contribution in [3.63, 3.8) is 0 Å². The quantitative estimate of drug-likeness (QED) is 0.647. The number of rotatable bonds is 2. The Labute approximate surface area is 106 Å². The van der Waals surface area contributed by atoms with E-state index >= 15 is 0 Å². The smallest absolute Gasteiger partial charge is 0.351 e. The number of aliphatic hydroxyl groups excluding tert-OH is 2. The van der Waals surface area contributed by atoms with Crippen molar-refractivity contribution < 1.29 is 19.3 Å². The summed E-state index contributed by atoms with van der Waals surface area (Å²) in [4.78, 5) is 14.8. The second-order valence-electron chi connectivity index (χ2n) is 3.20. The first kappa shape index (κ1) is 14.9. The molecule has 2 atom stereocenters. The first-order valence-corrected chi connectivity index (χ1v) is 6.03. The number of nitrogen functional groups attached to an aromatic ring is 1. The van der Waals surface area contributed by atoms with Crippen molar-refractivity contribution >= 4 is 17.6 Å². The molecule has 102 valence electrons. The average Bonchev–Trinajstić information content (AvgIpc) is 2.85. The molecule has 7 nitrogen and oxygen atoms in total. The van der Waals surface area contributed by atoms with Crippen LogP contribution in [0.4, 0.5) is 10.2 Å². The Hall–Kier alpha value is -1.16. The molecule has 0 bridgehead atoms. The lowest BCUT2D eigenvalue weighted by Gasteiger charge is -2.13. The van der Waals surface area contributed by atoms with Gasteiger partial charge in [0, 0.05) is 12.9 Å². The van der Waals surface area contributed by atoms with Crippen molar-refractivity contribution in [3.05, 3.63) is 22.5 Å². The highest BCUT2D eigenvalue weighted by atomic mass is 32.2. The maximum Gasteiger partial charge on any atom is 0.351 e. The van der Waals surface area contributed by atoms with Gasteiger partial charge in [-0.25, -0.2) is 9.18 Å². The van der Waals surface area contributed by atoms with Crippen LogP contribution in [-0.2, 0) is 4.74 Å². The lowest BCUT2D eigenvalue weighted by atomic mass is 10.5. The van der Waals surface area contributed by atoms with E-state index in [1.807, 2.05) is 0 Å². The van der Waals surface area contributed by atoms with Gasteiger partial charge in [0.1, 0.15) is 11.7 Å². The zero-order chi connectivity index (χ0) is 13.7. The predicted molar refractivity (Wildman–Crippen MR) is 64.5 cm³/mol. The van der Waals surface area contributed by atoms with Gasteiger partial charge in [-0.2, -0.15) is 4.98 Å². The lowest BCUT2D eigenvalue weighted by Crippen LogP contribution is -2.29. The number of hydrogen-bond donors (Lipinski definition) is 3. The fraction of sp³-hybridized carbons (Fsp3) is 0.556. The minimum Gasteiger partial charge on any atom is -0.400 e. The van der Waals surface area contributed by atoms with E-state index in [0.717, 1.165) is 17.9 Å². The number of halogens is 1. The molecule has 1 aromatic rings. The molecule has 1 fully saturated rings. The molecule has 4 N–H and O–H groups in total. The summed E-state index contributed by atoms with van der Waals surface area (Å²) in [5.41, 5.74) is 4.10. The van der Waals surface area contributed by atoms with Gasteiger partial charge in [-0.1, -0.05) is 0 Å². The van der Waals surface area contributed by atoms with Gasteiger partial charge in [-0.3, -0.25) is 4.57 Å². The van der Waals surface area contributed by atoms with E-state index in [1.54, 1.807) is 0 Å². The molecular formula is C9H14FN3O4S. The molecule has 18 heavy (non-hydrogen) atoms. The zero-order valence-electron chi connectivity index (χ0n) is 9.62. The van der Waals surface area contributed by atoms with E-state index in [1.165, 1.54) is 11.8 Å². The van der Waals surface area contributed by atoms with Crippen molar-refractivity contribution in [2.45, 2.75) is 11.7 Å². The number of hydrogen-bond acceptors (Lipinski definition) is 7. The highest BCUT2D eigenvalue weighted by Crippen LogP contribution is 2.30. The summed E-state index contributed by atoms with van der Waals surface area (Å²) in [6, 6.07) is 0. The molecule has 0 unspecified atom stereocenters. The van der Waals surface area contributed by atoms with Crippen molar-refractivity contribution in [2.75, 3.05) is 25.2 Å². The molecule has 0 radical (unpaired) electrons. The number of aromatic nitrogens is 2. The van der Waals surface area contributed by atoms with Gasteiger partial charge >= 0.3 is 5.69 Å². The summed E-state index contributed by atoms with van der Waals surface area (Å²) >= 11 is 1.35. The summed E-state index contributed by atoms with van der Waals surface area (Å²) in [5.74, 6) is -0.734. The van der Waals surface area contributed by atoms with Gasteiger partial charge in [-0.15, -0.1) is 11.8 Å². The molecule has 1 aliphatic rings. The molecule has 0 spiro atoms. The molecule has 1 saturated heterocycles. The summed E-state index contributed by atoms with van der Waals surface area (Å²) < 4.78 is 19.5. The molecule has 0 saturated carbocycles. The molecule has 1 aromatic heterocycles. The topological polar surface area (TPSA) is 111 Å². The Morgan fingerprint density at radius 1 is 1.72 bits per heavy atom. The van der Waals surface area contributed by atoms with Crippen LogP contribution in [0.3, 0.4) is 0 Å². The Kier molecular flexibility index (Phi) is 5.54. The SMILES string of the molecule is CO.Nc1nc(=O)n([C@@H]2CS[C@H](CO)O2)cc1F. The second kappa shape index (κ2) is 6.69. The number of thioether (sulfide) groups is 1. The van der Waals surface area contributed by atoms with Crippen molar-refractivity contribution in [1.29, 1.82) is 0 Å². The van der Waals surface area contributed by atoms with Gasteiger partial charge in [0.2, 0.25) is 0 Å². The van der Waals surface area contributed by atoms with Crippen LogP contribution >= 0.6 is 11.8 Å². The number of anilines is 1. The number of aliphatic hydroxyl groups is 2. The average molecular weight is 279 g/mol. The molecule has 0 aromatic carbocycles. The minimum absolute atomic E-state index is 0.152. The van der Waals surface area contributed by atoms with Gasteiger partial charge in [0.25, 0.3) is 0 Å². The monoisotopic (exact) mass is 279 g/mol. The van der Waals surface area contributed by atoms with Crippen LogP contribution in [0.1, 0.15) is 6.23 Å². The van der Waals surface area contributed by atoms with E-state index in [2.05, 4.69) is 4.98 Å². The first-order chi connectivity index (χ1) is 8.61. The molecule has 1 aliphatic heterocycles. The van der Waals surface area contributed by atoms with Crippen LogP contribution in [-0.4, -0.2) is 44.7 Å². The van der Waals surface area contributed by atoms with Crippen LogP contribution in [0.25, 0.3) is 0 Å². The van der Waals surface area contributed by atoms with Crippen molar-refractivity contribution in [3.8, 4) is 0 Å². The standard InChI is InChI=1S/C8H10FN3O3S.CH4O/c9-4-1-12(8(14)11-7(4)10)5-3-16-6(2-13)15-5;1-2/h1,5-6,13H,2-3H2,(H2,10,11,14);2H,1H3/t5-,6+;/m0./s1. The van der Waals surface area contributed by atoms with Gasteiger partial charge in [-0.05, 0) is 0 Å². The lowest BCUT2D eigenvalue weighted by molar-refractivity contribution is -0.00677. The van der Waals surface area contributed by atoms with Crippen LogP contribution in [0.2, 0.25) is 0 Å². The van der Waals surface area contributed by atoms with E-state index in [9.17, 15) is 9.18 Å². The zero-order valence-corrected chi connectivity index (χ0v) is 10.4. The Balaban J connectivity index is 0.000000771. The van der Waals surface area contributed by atoms with Crippen molar-refractivity contribution in [2.24, 2.45) is 0 Å². The van der Waals surface area contributed by atoms with E-state index in [-0.39, 0.29) is 6.61 Å². The van der Waals surface area contributed by atoms with Crippen LogP contribution in [0.5, 0.6) is 0 Å². The largest absolute Gasteiger partial charge is 0.400 e. The predicted octanol–water partition coefficient (Wildman–Crippen LogP) is -0.847. The summed E-state index contributed by atoms with van der Waals surface area (Å²) in [6.07, 6.45) is 0.354. The van der Waals surface area contributed by atoms with Crippen molar-refractivity contribution in [1.82, 2.24) is 9.55 Å². The Morgan fingerprint density at radius 3 is 2.94 bits per heavy atom. The minimum atomic E-state index is -0.763. The highest BCUT2D eigenvalue weighted by molar-refractivity contribution is 8.00. The summed E-state index contributed by atoms with van der Waals surface area (Å²) in [6.45, 7) is -0.152. The molecule has 9 heteroatoms. The van der Waals surface area contributed by atoms with E-state index in [4.69, 9.17) is 20.7 Å². The third kappa shape index (κ3) is 3.19. The van der Waals surface area contributed by atoms with E-state index in [0.29, 0.717) is 5.75 Å². The maximum absolute atomic E-state index is 13.1. The third-order valence-corrected chi connectivity index (χ3v) is 3.24. The Bertz CT molecular complexity index is 456. The fourth-order valence-electron chi connectivity index (χ4n) is 1.35. The first-order valence-electron chi connectivity index (χ1n) is 4.98. The molecule has 2 heterocycles. The van der Waals surface area contributed by atoms with Crippen LogP contribution < -0.4 is 11.4 Å².